The Bertz CT molecular complexity index is 251. The van der Waals surface area contributed by atoms with Crippen molar-refractivity contribution in [3.05, 3.63) is 12.2 Å². The maximum absolute atomic E-state index is 11.1. The standard InChI is InChI=1S/C15H27NO2/c1-2-18-15(17)11-7-4-8-12-16-13-14-9-5-3-6-10-14/h3,5,14,16H,2,4,6-13H2,1H3. The van der Waals surface area contributed by atoms with E-state index in [2.05, 4.69) is 17.5 Å². The van der Waals surface area contributed by atoms with Crippen molar-refractivity contribution in [1.82, 2.24) is 5.32 Å². The minimum atomic E-state index is -0.0561. The van der Waals surface area contributed by atoms with Gasteiger partial charge in [0.1, 0.15) is 0 Å². The van der Waals surface area contributed by atoms with Crippen LogP contribution in [-0.2, 0) is 9.53 Å². The van der Waals surface area contributed by atoms with Crippen LogP contribution in [0.3, 0.4) is 0 Å². The van der Waals surface area contributed by atoms with Gasteiger partial charge in [-0.3, -0.25) is 4.79 Å². The molecule has 1 unspecified atom stereocenters. The van der Waals surface area contributed by atoms with Gasteiger partial charge in [-0.1, -0.05) is 18.6 Å². The Morgan fingerprint density at radius 3 is 2.94 bits per heavy atom. The fourth-order valence-corrected chi connectivity index (χ4v) is 2.28. The summed E-state index contributed by atoms with van der Waals surface area (Å²) in [7, 11) is 0. The molecule has 0 amide bonds. The van der Waals surface area contributed by atoms with Crippen LogP contribution in [0.15, 0.2) is 12.2 Å². The number of carbonyl (C=O) groups excluding carboxylic acids is 1. The van der Waals surface area contributed by atoms with Crippen LogP contribution < -0.4 is 5.32 Å². The Balaban J connectivity index is 1.83. The van der Waals surface area contributed by atoms with Crippen molar-refractivity contribution in [3.8, 4) is 0 Å². The number of ether oxygens (including phenoxy) is 1. The molecule has 1 aliphatic carbocycles. The van der Waals surface area contributed by atoms with Crippen molar-refractivity contribution in [3.63, 3.8) is 0 Å². The first kappa shape index (κ1) is 15.2. The van der Waals surface area contributed by atoms with Gasteiger partial charge < -0.3 is 10.1 Å². The first-order valence-corrected chi connectivity index (χ1v) is 7.34. The van der Waals surface area contributed by atoms with Crippen LogP contribution in [0.1, 0.15) is 51.9 Å². The van der Waals surface area contributed by atoms with E-state index in [1.54, 1.807) is 0 Å². The maximum Gasteiger partial charge on any atom is 0.305 e. The lowest BCUT2D eigenvalue weighted by atomic mass is 9.94. The molecule has 0 radical (unpaired) electrons. The lowest BCUT2D eigenvalue weighted by Gasteiger charge is -2.18. The summed E-state index contributed by atoms with van der Waals surface area (Å²) in [5.41, 5.74) is 0. The average molecular weight is 253 g/mol. The molecule has 0 heterocycles. The molecule has 1 rings (SSSR count). The molecule has 0 aliphatic heterocycles. The first-order chi connectivity index (χ1) is 8.83. The lowest BCUT2D eigenvalue weighted by Crippen LogP contribution is -2.24. The van der Waals surface area contributed by atoms with E-state index in [0.29, 0.717) is 13.0 Å². The number of hydrogen-bond donors (Lipinski definition) is 1. The highest BCUT2D eigenvalue weighted by Crippen LogP contribution is 2.16. The van der Waals surface area contributed by atoms with Gasteiger partial charge in [-0.25, -0.2) is 0 Å². The maximum atomic E-state index is 11.1. The zero-order valence-corrected chi connectivity index (χ0v) is 11.6. The van der Waals surface area contributed by atoms with Crippen molar-refractivity contribution in [2.75, 3.05) is 19.7 Å². The molecule has 1 N–H and O–H groups in total. The molecule has 0 fully saturated rings. The van der Waals surface area contributed by atoms with Crippen LogP contribution in [0, 0.1) is 5.92 Å². The van der Waals surface area contributed by atoms with E-state index in [4.69, 9.17) is 4.74 Å². The molecule has 1 aliphatic rings. The van der Waals surface area contributed by atoms with Gasteiger partial charge in [0.2, 0.25) is 0 Å². The zero-order chi connectivity index (χ0) is 13.1. The lowest BCUT2D eigenvalue weighted by molar-refractivity contribution is -0.143. The first-order valence-electron chi connectivity index (χ1n) is 7.34. The fraction of sp³-hybridized carbons (Fsp3) is 0.800. The van der Waals surface area contributed by atoms with Crippen LogP contribution in [0.5, 0.6) is 0 Å². The Hall–Kier alpha value is -0.830. The third-order valence-electron chi connectivity index (χ3n) is 3.35. The number of rotatable bonds is 9. The molecule has 104 valence electrons. The number of unbranched alkanes of at least 4 members (excludes halogenated alkanes) is 2. The summed E-state index contributed by atoms with van der Waals surface area (Å²) in [5, 5.41) is 3.52. The van der Waals surface area contributed by atoms with E-state index in [1.165, 1.54) is 19.3 Å². The molecule has 18 heavy (non-hydrogen) atoms. The molecule has 0 spiro atoms. The van der Waals surface area contributed by atoms with Crippen molar-refractivity contribution < 1.29 is 9.53 Å². The number of esters is 1. The zero-order valence-electron chi connectivity index (χ0n) is 11.6. The summed E-state index contributed by atoms with van der Waals surface area (Å²) >= 11 is 0. The summed E-state index contributed by atoms with van der Waals surface area (Å²) in [6.45, 7) is 4.56. The van der Waals surface area contributed by atoms with Crippen molar-refractivity contribution in [2.24, 2.45) is 5.92 Å². The van der Waals surface area contributed by atoms with Crippen molar-refractivity contribution in [2.45, 2.75) is 51.9 Å². The summed E-state index contributed by atoms with van der Waals surface area (Å²) in [5.74, 6) is 0.772. The second-order valence-electron chi connectivity index (χ2n) is 4.97. The molecular weight excluding hydrogens is 226 g/mol. The van der Waals surface area contributed by atoms with Crippen molar-refractivity contribution >= 4 is 5.97 Å². The molecule has 3 nitrogen and oxygen atoms in total. The van der Waals surface area contributed by atoms with E-state index in [0.717, 1.165) is 38.3 Å². The van der Waals surface area contributed by atoms with E-state index >= 15 is 0 Å². The molecule has 0 saturated heterocycles. The third-order valence-corrected chi connectivity index (χ3v) is 3.35. The van der Waals surface area contributed by atoms with Gasteiger partial charge in [0, 0.05) is 6.42 Å². The van der Waals surface area contributed by atoms with Gasteiger partial charge in [0.25, 0.3) is 0 Å². The van der Waals surface area contributed by atoms with Crippen LogP contribution in [0.2, 0.25) is 0 Å². The molecule has 0 saturated carbocycles. The molecular formula is C15H27NO2. The molecule has 0 aromatic carbocycles. The minimum absolute atomic E-state index is 0.0561. The Labute approximate surface area is 111 Å². The highest BCUT2D eigenvalue weighted by atomic mass is 16.5. The predicted molar refractivity (Wildman–Crippen MR) is 74.5 cm³/mol. The normalized spacial score (nSPS) is 18.8. The Morgan fingerprint density at radius 2 is 2.22 bits per heavy atom. The average Bonchev–Trinajstić information content (AvgIpc) is 2.39. The number of carbonyl (C=O) groups is 1. The van der Waals surface area contributed by atoms with Gasteiger partial charge in [-0.15, -0.1) is 0 Å². The van der Waals surface area contributed by atoms with E-state index < -0.39 is 0 Å². The summed E-state index contributed by atoms with van der Waals surface area (Å²) < 4.78 is 4.89. The predicted octanol–water partition coefficient (Wildman–Crippen LogP) is 3.06. The van der Waals surface area contributed by atoms with Crippen LogP contribution in [-0.4, -0.2) is 25.7 Å². The second-order valence-corrected chi connectivity index (χ2v) is 4.97. The number of hydrogen-bond acceptors (Lipinski definition) is 3. The molecule has 0 bridgehead atoms. The van der Waals surface area contributed by atoms with Crippen LogP contribution in [0.4, 0.5) is 0 Å². The van der Waals surface area contributed by atoms with Gasteiger partial charge in [-0.2, -0.15) is 0 Å². The van der Waals surface area contributed by atoms with E-state index in [-0.39, 0.29) is 5.97 Å². The van der Waals surface area contributed by atoms with Crippen molar-refractivity contribution in [1.29, 1.82) is 0 Å². The highest BCUT2D eigenvalue weighted by Gasteiger charge is 2.08. The number of allylic oxidation sites excluding steroid dienone is 2. The minimum Gasteiger partial charge on any atom is -0.466 e. The smallest absolute Gasteiger partial charge is 0.305 e. The van der Waals surface area contributed by atoms with Gasteiger partial charge in [0.05, 0.1) is 6.61 Å². The Kier molecular flexibility index (Phi) is 8.57. The van der Waals surface area contributed by atoms with E-state index in [1.807, 2.05) is 6.92 Å². The Morgan fingerprint density at radius 1 is 1.33 bits per heavy atom. The van der Waals surface area contributed by atoms with Gasteiger partial charge >= 0.3 is 5.97 Å². The quantitative estimate of drug-likeness (QED) is 0.390. The molecule has 0 aromatic rings. The summed E-state index contributed by atoms with van der Waals surface area (Å²) in [6, 6.07) is 0. The highest BCUT2D eigenvalue weighted by molar-refractivity contribution is 5.69. The molecule has 3 heteroatoms. The SMILES string of the molecule is CCOC(=O)CCCCCNCC1CC=CCC1. The topological polar surface area (TPSA) is 38.3 Å². The van der Waals surface area contributed by atoms with Gasteiger partial charge in [-0.05, 0) is 58.0 Å². The van der Waals surface area contributed by atoms with Crippen LogP contribution >= 0.6 is 0 Å². The third kappa shape index (κ3) is 7.49. The number of nitrogens with one attached hydrogen (secondary N) is 1. The summed E-state index contributed by atoms with van der Waals surface area (Å²) in [6.07, 6.45) is 12.2. The largest absolute Gasteiger partial charge is 0.466 e. The molecule has 0 aromatic heterocycles. The molecule has 1 atom stereocenters. The van der Waals surface area contributed by atoms with Gasteiger partial charge in [0.15, 0.2) is 0 Å². The summed E-state index contributed by atoms with van der Waals surface area (Å²) in [4.78, 5) is 11.1. The monoisotopic (exact) mass is 253 g/mol. The fourth-order valence-electron chi connectivity index (χ4n) is 2.28. The van der Waals surface area contributed by atoms with Crippen LogP contribution in [0.25, 0.3) is 0 Å². The second kappa shape index (κ2) is 10.1. The van der Waals surface area contributed by atoms with E-state index in [9.17, 15) is 4.79 Å².